The van der Waals surface area contributed by atoms with E-state index >= 15 is 0 Å². The number of imide groups is 1. The van der Waals surface area contributed by atoms with Crippen LogP contribution < -0.4 is 5.32 Å². The van der Waals surface area contributed by atoms with Gasteiger partial charge in [0, 0.05) is 6.54 Å². The smallest absolute Gasteiger partial charge is 0.240 e. The van der Waals surface area contributed by atoms with Crippen LogP contribution in [0.15, 0.2) is 0 Å². The fraction of sp³-hybridized carbons (Fsp3) is 0.750. The molecule has 6 heteroatoms. The molecule has 2 rings (SSSR count). The number of nitrogens with one attached hydrogen (secondary N) is 1. The molecule has 0 radical (unpaired) electrons. The van der Waals surface area contributed by atoms with Gasteiger partial charge in [0.1, 0.15) is 6.54 Å². The zero-order valence-corrected chi connectivity index (χ0v) is 10.4. The number of fused-ring (bicyclic) bond motifs is 1. The molecule has 0 aromatic carbocycles. The summed E-state index contributed by atoms with van der Waals surface area (Å²) in [6, 6.07) is 0. The van der Waals surface area contributed by atoms with E-state index in [9.17, 15) is 14.4 Å². The first kappa shape index (κ1) is 13.0. The number of aliphatic hydroxyl groups excluding tert-OH is 1. The molecular weight excluding hydrogens is 236 g/mol. The van der Waals surface area contributed by atoms with Crippen LogP contribution in [-0.2, 0) is 14.4 Å². The minimum atomic E-state index is -0.404. The van der Waals surface area contributed by atoms with Crippen LogP contribution in [0.3, 0.4) is 0 Å². The lowest BCUT2D eigenvalue weighted by Gasteiger charge is -2.16. The number of nitrogens with zero attached hydrogens (tertiary/aromatic N) is 1. The SMILES string of the molecule is CC1CC2C(=O)N(CC(=O)NCCO)C(=O)C2C1. The Morgan fingerprint density at radius 2 is 1.89 bits per heavy atom. The standard InChI is InChI=1S/C12H18N2O4/c1-7-4-8-9(5-7)12(18)14(11(8)17)6-10(16)13-2-3-15/h7-9,15H,2-6H2,1H3,(H,13,16). The molecule has 0 bridgehead atoms. The highest BCUT2D eigenvalue weighted by Gasteiger charge is 2.51. The van der Waals surface area contributed by atoms with Gasteiger partial charge in [-0.05, 0) is 18.8 Å². The lowest BCUT2D eigenvalue weighted by atomic mass is 10.00. The Kier molecular flexibility index (Phi) is 3.65. The molecule has 18 heavy (non-hydrogen) atoms. The van der Waals surface area contributed by atoms with Gasteiger partial charge in [0.05, 0.1) is 18.4 Å². The van der Waals surface area contributed by atoms with Crippen molar-refractivity contribution in [1.82, 2.24) is 10.2 Å². The van der Waals surface area contributed by atoms with Gasteiger partial charge in [-0.25, -0.2) is 0 Å². The summed E-state index contributed by atoms with van der Waals surface area (Å²) in [5.41, 5.74) is 0. The molecule has 2 N–H and O–H groups in total. The van der Waals surface area contributed by atoms with Gasteiger partial charge in [-0.3, -0.25) is 19.3 Å². The van der Waals surface area contributed by atoms with Crippen molar-refractivity contribution >= 4 is 17.7 Å². The van der Waals surface area contributed by atoms with Crippen molar-refractivity contribution in [1.29, 1.82) is 0 Å². The predicted molar refractivity (Wildman–Crippen MR) is 62.2 cm³/mol. The number of amides is 3. The number of carbonyl (C=O) groups is 3. The van der Waals surface area contributed by atoms with E-state index < -0.39 is 5.91 Å². The average Bonchev–Trinajstić information content (AvgIpc) is 2.81. The van der Waals surface area contributed by atoms with Crippen molar-refractivity contribution < 1.29 is 19.5 Å². The molecule has 1 heterocycles. The van der Waals surface area contributed by atoms with E-state index in [1.165, 1.54) is 0 Å². The van der Waals surface area contributed by atoms with Crippen LogP contribution in [0.25, 0.3) is 0 Å². The van der Waals surface area contributed by atoms with Crippen LogP contribution in [0.1, 0.15) is 19.8 Å². The third-order valence-corrected chi connectivity index (χ3v) is 3.70. The van der Waals surface area contributed by atoms with Gasteiger partial charge in [0.25, 0.3) is 0 Å². The van der Waals surface area contributed by atoms with Crippen molar-refractivity contribution in [3.63, 3.8) is 0 Å². The number of aliphatic hydroxyl groups is 1. The van der Waals surface area contributed by atoms with Gasteiger partial charge in [-0.1, -0.05) is 6.92 Å². The molecule has 2 fully saturated rings. The molecule has 1 aliphatic carbocycles. The van der Waals surface area contributed by atoms with E-state index in [1.54, 1.807) is 0 Å². The molecule has 2 unspecified atom stereocenters. The molecule has 100 valence electrons. The first-order valence-electron chi connectivity index (χ1n) is 6.27. The van der Waals surface area contributed by atoms with Crippen LogP contribution in [-0.4, -0.2) is 47.4 Å². The number of likely N-dealkylation sites (tertiary alicyclic amines) is 1. The summed E-state index contributed by atoms with van der Waals surface area (Å²) in [6.07, 6.45) is 1.48. The second-order valence-corrected chi connectivity index (χ2v) is 5.13. The second-order valence-electron chi connectivity index (χ2n) is 5.13. The molecule has 1 aliphatic heterocycles. The Morgan fingerprint density at radius 3 is 2.39 bits per heavy atom. The zero-order chi connectivity index (χ0) is 13.3. The molecule has 0 aromatic rings. The van der Waals surface area contributed by atoms with Crippen LogP contribution in [0.4, 0.5) is 0 Å². The number of rotatable bonds is 4. The number of carbonyl (C=O) groups excluding carboxylic acids is 3. The highest BCUT2D eigenvalue weighted by Crippen LogP contribution is 2.42. The summed E-state index contributed by atoms with van der Waals surface area (Å²) in [7, 11) is 0. The lowest BCUT2D eigenvalue weighted by molar-refractivity contribution is -0.144. The normalized spacial score (nSPS) is 30.8. The van der Waals surface area contributed by atoms with Gasteiger partial charge in [-0.2, -0.15) is 0 Å². The molecule has 3 amide bonds. The summed E-state index contributed by atoms with van der Waals surface area (Å²) >= 11 is 0. The molecular formula is C12H18N2O4. The minimum absolute atomic E-state index is 0.138. The minimum Gasteiger partial charge on any atom is -0.395 e. The molecule has 1 saturated heterocycles. The van der Waals surface area contributed by atoms with Crippen LogP contribution in [0.2, 0.25) is 0 Å². The summed E-state index contributed by atoms with van der Waals surface area (Å²) in [5, 5.41) is 11.0. The topological polar surface area (TPSA) is 86.7 Å². The fourth-order valence-electron chi connectivity index (χ4n) is 2.90. The van der Waals surface area contributed by atoms with E-state index in [-0.39, 0.29) is 43.3 Å². The van der Waals surface area contributed by atoms with E-state index in [2.05, 4.69) is 5.32 Å². The van der Waals surface area contributed by atoms with Crippen LogP contribution in [0, 0.1) is 17.8 Å². The Hall–Kier alpha value is -1.43. The van der Waals surface area contributed by atoms with E-state index in [4.69, 9.17) is 5.11 Å². The Morgan fingerprint density at radius 1 is 1.33 bits per heavy atom. The lowest BCUT2D eigenvalue weighted by Crippen LogP contribution is -2.42. The van der Waals surface area contributed by atoms with Crippen LogP contribution >= 0.6 is 0 Å². The summed E-state index contributed by atoms with van der Waals surface area (Å²) in [5.74, 6) is -0.879. The number of hydrogen-bond acceptors (Lipinski definition) is 4. The van der Waals surface area contributed by atoms with Gasteiger partial charge in [0.2, 0.25) is 17.7 Å². The highest BCUT2D eigenvalue weighted by molar-refractivity contribution is 6.07. The average molecular weight is 254 g/mol. The van der Waals surface area contributed by atoms with E-state index in [1.807, 2.05) is 6.92 Å². The monoisotopic (exact) mass is 254 g/mol. The summed E-state index contributed by atoms with van der Waals surface area (Å²) in [4.78, 5) is 36.6. The van der Waals surface area contributed by atoms with Crippen LogP contribution in [0.5, 0.6) is 0 Å². The molecule has 0 spiro atoms. The van der Waals surface area contributed by atoms with E-state index in [0.29, 0.717) is 5.92 Å². The zero-order valence-electron chi connectivity index (χ0n) is 10.4. The molecule has 2 aliphatic rings. The van der Waals surface area contributed by atoms with Crippen molar-refractivity contribution in [2.24, 2.45) is 17.8 Å². The first-order valence-corrected chi connectivity index (χ1v) is 6.27. The van der Waals surface area contributed by atoms with E-state index in [0.717, 1.165) is 17.7 Å². The third-order valence-electron chi connectivity index (χ3n) is 3.70. The molecule has 1 saturated carbocycles. The number of hydrogen-bond donors (Lipinski definition) is 2. The molecule has 0 aromatic heterocycles. The van der Waals surface area contributed by atoms with Crippen molar-refractivity contribution in [2.45, 2.75) is 19.8 Å². The molecule has 2 atom stereocenters. The maximum Gasteiger partial charge on any atom is 0.240 e. The largest absolute Gasteiger partial charge is 0.395 e. The van der Waals surface area contributed by atoms with Gasteiger partial charge >= 0.3 is 0 Å². The van der Waals surface area contributed by atoms with Crippen molar-refractivity contribution in [3.8, 4) is 0 Å². The summed E-state index contributed by atoms with van der Waals surface area (Å²) < 4.78 is 0. The molecule has 6 nitrogen and oxygen atoms in total. The summed E-state index contributed by atoms with van der Waals surface area (Å²) in [6.45, 7) is 1.80. The first-order chi connectivity index (χ1) is 8.54. The van der Waals surface area contributed by atoms with Gasteiger partial charge in [0.15, 0.2) is 0 Å². The quantitative estimate of drug-likeness (QED) is 0.638. The third kappa shape index (κ3) is 2.25. The van der Waals surface area contributed by atoms with Crippen molar-refractivity contribution in [3.05, 3.63) is 0 Å². The highest BCUT2D eigenvalue weighted by atomic mass is 16.3. The predicted octanol–water partition coefficient (Wildman–Crippen LogP) is -0.874. The van der Waals surface area contributed by atoms with Gasteiger partial charge < -0.3 is 10.4 Å². The maximum absolute atomic E-state index is 12.0. The van der Waals surface area contributed by atoms with Crippen molar-refractivity contribution in [2.75, 3.05) is 19.7 Å². The van der Waals surface area contributed by atoms with Gasteiger partial charge in [-0.15, -0.1) is 0 Å². The maximum atomic E-state index is 12.0. The Labute approximate surface area is 105 Å². The Bertz CT molecular complexity index is 358. The fourth-order valence-corrected chi connectivity index (χ4v) is 2.90. The second kappa shape index (κ2) is 5.06. The Balaban J connectivity index is 1.97.